The zero-order chi connectivity index (χ0) is 15.7. The van der Waals surface area contributed by atoms with Crippen molar-refractivity contribution in [1.29, 1.82) is 0 Å². The molecule has 6 nitrogen and oxygen atoms in total. The molecule has 0 bridgehead atoms. The molecule has 0 amide bonds. The second kappa shape index (κ2) is 5.77. The van der Waals surface area contributed by atoms with Crippen LogP contribution < -0.4 is 5.32 Å². The van der Waals surface area contributed by atoms with Crippen molar-refractivity contribution in [2.75, 3.05) is 11.9 Å². The molecule has 21 heavy (non-hydrogen) atoms. The Kier molecular flexibility index (Phi) is 4.39. The monoisotopic (exact) mass is 313 g/mol. The summed E-state index contributed by atoms with van der Waals surface area (Å²) in [6, 6.07) is 1.25. The lowest BCUT2D eigenvalue weighted by molar-refractivity contribution is -0.384. The predicted molar refractivity (Wildman–Crippen MR) is 81.6 cm³/mol. The minimum absolute atomic E-state index is 0.141. The molecule has 0 aliphatic heterocycles. The zero-order valence-electron chi connectivity index (χ0n) is 12.2. The first kappa shape index (κ1) is 16.0. The fourth-order valence-corrected chi connectivity index (χ4v) is 2.67. The van der Waals surface area contributed by atoms with Gasteiger partial charge in [0.1, 0.15) is 0 Å². The zero-order valence-corrected chi connectivity index (χ0v) is 13.0. The summed E-state index contributed by atoms with van der Waals surface area (Å²) in [5, 5.41) is 24.7. The molecule has 116 valence electrons. The highest BCUT2D eigenvalue weighted by atomic mass is 35.5. The van der Waals surface area contributed by atoms with Crippen molar-refractivity contribution in [3.05, 3.63) is 27.4 Å². The number of hydrogen-bond acceptors (Lipinski definition) is 5. The van der Waals surface area contributed by atoms with Crippen LogP contribution in [0.1, 0.15) is 39.5 Å². The molecule has 0 aromatic carbocycles. The Morgan fingerprint density at radius 2 is 2.05 bits per heavy atom. The molecule has 0 radical (unpaired) electrons. The Morgan fingerprint density at radius 3 is 2.62 bits per heavy atom. The predicted octanol–water partition coefficient (Wildman–Crippen LogP) is 3.39. The van der Waals surface area contributed by atoms with E-state index in [-0.39, 0.29) is 28.5 Å². The second-order valence-electron chi connectivity index (χ2n) is 6.52. The number of nitrogens with one attached hydrogen (secondary N) is 1. The Labute approximate surface area is 128 Å². The maximum Gasteiger partial charge on any atom is 0.312 e. The van der Waals surface area contributed by atoms with E-state index in [2.05, 4.69) is 24.1 Å². The van der Waals surface area contributed by atoms with Gasteiger partial charge in [-0.2, -0.15) is 0 Å². The molecule has 0 spiro atoms. The van der Waals surface area contributed by atoms with Gasteiger partial charge in [-0.1, -0.05) is 25.4 Å². The molecule has 2 N–H and O–H groups in total. The third-order valence-corrected chi connectivity index (χ3v) is 4.36. The number of hydrogen-bond donors (Lipinski definition) is 2. The number of aromatic nitrogens is 1. The molecule has 1 saturated carbocycles. The van der Waals surface area contributed by atoms with Crippen LogP contribution in [0.2, 0.25) is 5.02 Å². The quantitative estimate of drug-likeness (QED) is 0.657. The molecule has 1 aliphatic carbocycles. The summed E-state index contributed by atoms with van der Waals surface area (Å²) in [4.78, 5) is 14.4. The van der Waals surface area contributed by atoms with Crippen LogP contribution in [0.4, 0.5) is 11.5 Å². The Morgan fingerprint density at radius 1 is 1.43 bits per heavy atom. The first-order chi connectivity index (χ1) is 9.71. The lowest BCUT2D eigenvalue weighted by atomic mass is 9.71. The number of pyridine rings is 1. The van der Waals surface area contributed by atoms with Gasteiger partial charge in [0.05, 0.1) is 15.5 Å². The van der Waals surface area contributed by atoms with Gasteiger partial charge in [-0.3, -0.25) is 10.1 Å². The molecule has 0 atom stereocenters. The summed E-state index contributed by atoms with van der Waals surface area (Å²) in [6.45, 7) is 4.62. The highest BCUT2D eigenvalue weighted by Gasteiger charge is 2.36. The second-order valence-corrected chi connectivity index (χ2v) is 6.96. The van der Waals surface area contributed by atoms with Crippen molar-refractivity contribution in [1.82, 2.24) is 4.98 Å². The first-order valence-corrected chi connectivity index (χ1v) is 7.35. The average molecular weight is 314 g/mol. The Bertz CT molecular complexity index is 538. The van der Waals surface area contributed by atoms with Crippen LogP contribution in [0.25, 0.3) is 0 Å². The van der Waals surface area contributed by atoms with Crippen LogP contribution in [0.3, 0.4) is 0 Å². The van der Waals surface area contributed by atoms with Gasteiger partial charge in [0, 0.05) is 18.8 Å². The molecular formula is C14H20ClN3O3. The number of aliphatic hydroxyl groups is 1. The Hall–Kier alpha value is -1.40. The molecule has 1 fully saturated rings. The molecule has 2 rings (SSSR count). The fraction of sp³-hybridized carbons (Fsp3) is 0.643. The van der Waals surface area contributed by atoms with Crippen LogP contribution in [0.15, 0.2) is 12.3 Å². The van der Waals surface area contributed by atoms with E-state index >= 15 is 0 Å². The van der Waals surface area contributed by atoms with Crippen LogP contribution in [0.5, 0.6) is 0 Å². The number of halogens is 1. The van der Waals surface area contributed by atoms with Gasteiger partial charge >= 0.3 is 5.69 Å². The van der Waals surface area contributed by atoms with Crippen molar-refractivity contribution in [2.24, 2.45) is 5.41 Å². The highest BCUT2D eigenvalue weighted by Crippen LogP contribution is 2.40. The number of rotatable bonds is 4. The maximum absolute atomic E-state index is 11.0. The van der Waals surface area contributed by atoms with E-state index in [4.69, 9.17) is 11.6 Å². The van der Waals surface area contributed by atoms with Crippen LogP contribution in [-0.2, 0) is 0 Å². The summed E-state index contributed by atoms with van der Waals surface area (Å²) < 4.78 is 0. The molecule has 0 saturated heterocycles. The minimum atomic E-state index is -0.843. The van der Waals surface area contributed by atoms with Gasteiger partial charge in [0.2, 0.25) is 5.82 Å². The standard InChI is InChI=1S/C14H20ClN3O3/c1-13(2)3-5-14(19,6-4-13)9-17-12-11(18(20)21)7-10(15)8-16-12/h7-8,19H,3-6,9H2,1-2H3,(H,16,17). The average Bonchev–Trinajstić information content (AvgIpc) is 2.41. The fourth-order valence-electron chi connectivity index (χ4n) is 2.52. The van der Waals surface area contributed by atoms with E-state index in [1.165, 1.54) is 12.3 Å². The molecule has 1 heterocycles. The highest BCUT2D eigenvalue weighted by molar-refractivity contribution is 6.30. The van der Waals surface area contributed by atoms with Crippen LogP contribution >= 0.6 is 11.6 Å². The van der Waals surface area contributed by atoms with Gasteiger partial charge in [-0.05, 0) is 31.1 Å². The van der Waals surface area contributed by atoms with Gasteiger partial charge in [-0.15, -0.1) is 0 Å². The number of nitrogens with zero attached hydrogens (tertiary/aromatic N) is 2. The third kappa shape index (κ3) is 4.04. The van der Waals surface area contributed by atoms with Crippen molar-refractivity contribution in [3.63, 3.8) is 0 Å². The van der Waals surface area contributed by atoms with Crippen LogP contribution in [0, 0.1) is 15.5 Å². The molecule has 1 aromatic rings. The smallest absolute Gasteiger partial charge is 0.312 e. The maximum atomic E-state index is 11.0. The van der Waals surface area contributed by atoms with Gasteiger partial charge in [0.15, 0.2) is 0 Å². The molecule has 7 heteroatoms. The number of anilines is 1. The van der Waals surface area contributed by atoms with Gasteiger partial charge in [-0.25, -0.2) is 4.98 Å². The van der Waals surface area contributed by atoms with E-state index in [1.54, 1.807) is 0 Å². The summed E-state index contributed by atoms with van der Waals surface area (Å²) in [7, 11) is 0. The summed E-state index contributed by atoms with van der Waals surface area (Å²) in [5.74, 6) is 0.141. The molecule has 0 unspecified atom stereocenters. The van der Waals surface area contributed by atoms with Crippen LogP contribution in [-0.4, -0.2) is 27.2 Å². The van der Waals surface area contributed by atoms with E-state index in [0.29, 0.717) is 12.8 Å². The van der Waals surface area contributed by atoms with Gasteiger partial charge in [0.25, 0.3) is 0 Å². The normalized spacial score (nSPS) is 20.0. The van der Waals surface area contributed by atoms with E-state index in [1.807, 2.05) is 0 Å². The molecule has 1 aliphatic rings. The van der Waals surface area contributed by atoms with Crippen molar-refractivity contribution < 1.29 is 10.0 Å². The molecule has 1 aromatic heterocycles. The van der Waals surface area contributed by atoms with E-state index in [0.717, 1.165) is 12.8 Å². The minimum Gasteiger partial charge on any atom is -0.388 e. The third-order valence-electron chi connectivity index (χ3n) is 4.15. The lowest BCUT2D eigenvalue weighted by Crippen LogP contribution is -2.42. The molecular weight excluding hydrogens is 294 g/mol. The summed E-state index contributed by atoms with van der Waals surface area (Å²) >= 11 is 5.72. The summed E-state index contributed by atoms with van der Waals surface area (Å²) in [6.07, 6.45) is 4.57. The van der Waals surface area contributed by atoms with Crippen molar-refractivity contribution in [2.45, 2.75) is 45.1 Å². The van der Waals surface area contributed by atoms with Crippen molar-refractivity contribution in [3.8, 4) is 0 Å². The topological polar surface area (TPSA) is 88.3 Å². The van der Waals surface area contributed by atoms with Crippen molar-refractivity contribution >= 4 is 23.1 Å². The SMILES string of the molecule is CC1(C)CCC(O)(CNc2ncc(Cl)cc2[N+](=O)[O-])CC1. The van der Waals surface area contributed by atoms with E-state index < -0.39 is 10.5 Å². The first-order valence-electron chi connectivity index (χ1n) is 6.97. The summed E-state index contributed by atoms with van der Waals surface area (Å²) in [5.41, 5.74) is -0.774. The Balaban J connectivity index is 2.05. The lowest BCUT2D eigenvalue weighted by Gasteiger charge is -2.40. The van der Waals surface area contributed by atoms with Gasteiger partial charge < -0.3 is 10.4 Å². The number of nitro groups is 1. The largest absolute Gasteiger partial charge is 0.388 e. The van der Waals surface area contributed by atoms with E-state index in [9.17, 15) is 15.2 Å².